The summed E-state index contributed by atoms with van der Waals surface area (Å²) in [7, 11) is 0. The van der Waals surface area contributed by atoms with Crippen molar-refractivity contribution in [1.82, 2.24) is 10.2 Å². The van der Waals surface area contributed by atoms with Crippen molar-refractivity contribution < 1.29 is 18.0 Å². The number of hydrogen-bond acceptors (Lipinski definition) is 2. The van der Waals surface area contributed by atoms with Gasteiger partial charge in [-0.3, -0.25) is 9.69 Å². The second-order valence-electron chi connectivity index (χ2n) is 6.51. The van der Waals surface area contributed by atoms with E-state index < -0.39 is 11.7 Å². The largest absolute Gasteiger partial charge is 0.416 e. The van der Waals surface area contributed by atoms with Crippen LogP contribution in [-0.4, -0.2) is 29.9 Å². The molecule has 1 amide bonds. The second kappa shape index (κ2) is 6.51. The van der Waals surface area contributed by atoms with Gasteiger partial charge in [0.1, 0.15) is 0 Å². The lowest BCUT2D eigenvalue weighted by Crippen LogP contribution is -2.47. The van der Waals surface area contributed by atoms with E-state index in [0.717, 1.165) is 38.3 Å². The van der Waals surface area contributed by atoms with Gasteiger partial charge in [-0.2, -0.15) is 13.2 Å². The fourth-order valence-corrected chi connectivity index (χ4v) is 3.16. The molecule has 6 heteroatoms. The first-order chi connectivity index (χ1) is 10.9. The predicted octanol–water partition coefficient (Wildman–Crippen LogP) is 3.20. The molecule has 2 aliphatic rings. The topological polar surface area (TPSA) is 32.3 Å². The Morgan fingerprint density at radius 2 is 1.96 bits per heavy atom. The van der Waals surface area contributed by atoms with Crippen molar-refractivity contribution >= 4 is 5.91 Å². The molecule has 0 aromatic heterocycles. The lowest BCUT2D eigenvalue weighted by molar-refractivity contribution is -0.138. The molecular weight excluding hydrogens is 305 g/mol. The summed E-state index contributed by atoms with van der Waals surface area (Å²) in [5.41, 5.74) is -0.265. The van der Waals surface area contributed by atoms with Gasteiger partial charge in [-0.05, 0) is 43.9 Å². The van der Waals surface area contributed by atoms with Crippen LogP contribution in [0.15, 0.2) is 24.3 Å². The second-order valence-corrected chi connectivity index (χ2v) is 6.51. The maximum Gasteiger partial charge on any atom is 0.416 e. The van der Waals surface area contributed by atoms with Gasteiger partial charge in [0.15, 0.2) is 0 Å². The van der Waals surface area contributed by atoms with E-state index in [4.69, 9.17) is 0 Å². The molecule has 1 saturated heterocycles. The Kier molecular flexibility index (Phi) is 4.62. The quantitative estimate of drug-likeness (QED) is 0.921. The number of nitrogens with one attached hydrogen (secondary N) is 1. The highest BCUT2D eigenvalue weighted by atomic mass is 19.4. The van der Waals surface area contributed by atoms with Gasteiger partial charge in [0.25, 0.3) is 0 Å². The number of rotatable bonds is 4. The van der Waals surface area contributed by atoms with Gasteiger partial charge in [-0.25, -0.2) is 0 Å². The third-order valence-corrected chi connectivity index (χ3v) is 4.52. The van der Waals surface area contributed by atoms with Crippen LogP contribution >= 0.6 is 0 Å². The molecule has 0 spiro atoms. The van der Waals surface area contributed by atoms with Crippen LogP contribution in [0.5, 0.6) is 0 Å². The molecule has 1 atom stereocenters. The number of amides is 1. The van der Waals surface area contributed by atoms with E-state index in [1.807, 2.05) is 4.90 Å². The van der Waals surface area contributed by atoms with Crippen molar-refractivity contribution in [2.24, 2.45) is 5.92 Å². The third kappa shape index (κ3) is 4.25. The zero-order chi connectivity index (χ0) is 16.4. The molecule has 23 heavy (non-hydrogen) atoms. The monoisotopic (exact) mass is 326 g/mol. The Hall–Kier alpha value is -1.56. The molecule has 0 bridgehead atoms. The van der Waals surface area contributed by atoms with E-state index in [0.29, 0.717) is 12.1 Å². The van der Waals surface area contributed by atoms with Gasteiger partial charge in [-0.15, -0.1) is 0 Å². The normalized spacial score (nSPS) is 22.8. The predicted molar refractivity (Wildman–Crippen MR) is 80.6 cm³/mol. The summed E-state index contributed by atoms with van der Waals surface area (Å²) in [6.45, 7) is 1.65. The third-order valence-electron chi connectivity index (χ3n) is 4.52. The highest BCUT2D eigenvalue weighted by Crippen LogP contribution is 2.33. The summed E-state index contributed by atoms with van der Waals surface area (Å²) in [5.74, 6) is 0.267. The lowest BCUT2D eigenvalue weighted by Gasteiger charge is -2.33. The van der Waals surface area contributed by atoms with Crippen molar-refractivity contribution in [2.75, 3.05) is 13.1 Å². The molecule has 2 fully saturated rings. The van der Waals surface area contributed by atoms with Gasteiger partial charge in [-0.1, -0.05) is 18.2 Å². The minimum Gasteiger partial charge on any atom is -0.352 e. The Bertz CT molecular complexity index is 569. The molecule has 1 aromatic rings. The van der Waals surface area contributed by atoms with Gasteiger partial charge >= 0.3 is 6.18 Å². The van der Waals surface area contributed by atoms with Crippen LogP contribution in [0.4, 0.5) is 13.2 Å². The minimum atomic E-state index is -4.33. The molecule has 3 rings (SSSR count). The van der Waals surface area contributed by atoms with E-state index in [9.17, 15) is 18.0 Å². The molecule has 1 N–H and O–H groups in total. The van der Waals surface area contributed by atoms with Crippen molar-refractivity contribution in [3.8, 4) is 0 Å². The van der Waals surface area contributed by atoms with Crippen molar-refractivity contribution in [3.63, 3.8) is 0 Å². The number of piperidine rings is 1. The maximum absolute atomic E-state index is 13.1. The summed E-state index contributed by atoms with van der Waals surface area (Å²) >= 11 is 0. The van der Waals surface area contributed by atoms with E-state index >= 15 is 0 Å². The zero-order valence-corrected chi connectivity index (χ0v) is 12.9. The number of halogens is 3. The highest BCUT2D eigenvalue weighted by molar-refractivity contribution is 5.81. The average molecular weight is 326 g/mol. The Labute approximate surface area is 133 Å². The van der Waals surface area contributed by atoms with Crippen LogP contribution in [0.2, 0.25) is 0 Å². The number of benzene rings is 1. The van der Waals surface area contributed by atoms with Gasteiger partial charge < -0.3 is 5.32 Å². The van der Waals surface area contributed by atoms with Crippen molar-refractivity contribution in [2.45, 2.75) is 44.4 Å². The zero-order valence-electron chi connectivity index (χ0n) is 12.9. The standard InChI is InChI=1S/C17H21F3N2O/c18-17(19,20)15-6-2-1-4-13(15)10-22-9-3-5-14(11-22)21-16(23)12-7-8-12/h1-2,4,6,12,14H,3,5,7-11H2,(H,21,23). The number of nitrogens with zero attached hydrogens (tertiary/aromatic N) is 1. The molecule has 1 aliphatic heterocycles. The molecule has 1 saturated carbocycles. The van der Waals surface area contributed by atoms with Crippen LogP contribution in [0.25, 0.3) is 0 Å². The van der Waals surface area contributed by atoms with Crippen LogP contribution < -0.4 is 5.32 Å². The molecule has 1 heterocycles. The summed E-state index contributed by atoms with van der Waals surface area (Å²) < 4.78 is 39.2. The fourth-order valence-electron chi connectivity index (χ4n) is 3.16. The average Bonchev–Trinajstić information content (AvgIpc) is 3.31. The SMILES string of the molecule is O=C(NC1CCCN(Cc2ccccc2C(F)(F)F)C1)C1CC1. The fraction of sp³-hybridized carbons (Fsp3) is 0.588. The molecule has 1 aromatic carbocycles. The summed E-state index contributed by atoms with van der Waals surface area (Å²) in [5, 5.41) is 3.04. The highest BCUT2D eigenvalue weighted by Gasteiger charge is 2.34. The van der Waals surface area contributed by atoms with E-state index in [2.05, 4.69) is 5.32 Å². The van der Waals surface area contributed by atoms with E-state index in [1.54, 1.807) is 6.07 Å². The number of carbonyl (C=O) groups is 1. The first-order valence-electron chi connectivity index (χ1n) is 8.11. The van der Waals surface area contributed by atoms with Gasteiger partial charge in [0.05, 0.1) is 5.56 Å². The van der Waals surface area contributed by atoms with Gasteiger partial charge in [0, 0.05) is 25.0 Å². The van der Waals surface area contributed by atoms with E-state index in [1.165, 1.54) is 12.1 Å². The molecule has 3 nitrogen and oxygen atoms in total. The van der Waals surface area contributed by atoms with Crippen LogP contribution in [0.3, 0.4) is 0 Å². The first kappa shape index (κ1) is 16.3. The Morgan fingerprint density at radius 1 is 1.22 bits per heavy atom. The van der Waals surface area contributed by atoms with Crippen molar-refractivity contribution in [1.29, 1.82) is 0 Å². The number of hydrogen-bond donors (Lipinski definition) is 1. The van der Waals surface area contributed by atoms with Crippen LogP contribution in [-0.2, 0) is 17.5 Å². The first-order valence-corrected chi connectivity index (χ1v) is 8.11. The molecular formula is C17H21F3N2O. The summed E-state index contributed by atoms with van der Waals surface area (Å²) in [4.78, 5) is 13.9. The van der Waals surface area contributed by atoms with Crippen molar-refractivity contribution in [3.05, 3.63) is 35.4 Å². The number of likely N-dealkylation sites (tertiary alicyclic amines) is 1. The molecule has 1 aliphatic carbocycles. The molecule has 1 unspecified atom stereocenters. The van der Waals surface area contributed by atoms with Crippen LogP contribution in [0.1, 0.15) is 36.8 Å². The lowest BCUT2D eigenvalue weighted by atomic mass is 10.0. The maximum atomic E-state index is 13.1. The molecule has 0 radical (unpaired) electrons. The summed E-state index contributed by atoms with van der Waals surface area (Å²) in [6, 6.07) is 5.78. The van der Waals surface area contributed by atoms with Crippen LogP contribution in [0, 0.1) is 5.92 Å². The summed E-state index contributed by atoms with van der Waals surface area (Å²) in [6.07, 6.45) is -0.617. The Balaban J connectivity index is 1.62. The molecule has 126 valence electrons. The van der Waals surface area contributed by atoms with Gasteiger partial charge in [0.2, 0.25) is 5.91 Å². The number of alkyl halides is 3. The number of carbonyl (C=O) groups excluding carboxylic acids is 1. The Morgan fingerprint density at radius 3 is 2.65 bits per heavy atom. The van der Waals surface area contributed by atoms with E-state index in [-0.39, 0.29) is 24.4 Å². The smallest absolute Gasteiger partial charge is 0.352 e. The minimum absolute atomic E-state index is 0.0508.